The zero-order chi connectivity index (χ0) is 12.1. The number of nitrogens with zero attached hydrogens (tertiary/aromatic N) is 1. The maximum absolute atomic E-state index is 11.4. The van der Waals surface area contributed by atoms with Gasteiger partial charge < -0.3 is 5.32 Å². The third-order valence-corrected chi connectivity index (χ3v) is 3.22. The van der Waals surface area contributed by atoms with E-state index in [1.807, 2.05) is 11.8 Å². The number of nitrogens with two attached hydrogens (primary N) is 1. The second-order valence-corrected chi connectivity index (χ2v) is 4.11. The normalized spacial score (nSPS) is 20.2. The standard InChI is InChI=1S/C10H20N4O2/c1-7(9(15)13-11)14-5-3-8(4-6-14)10(16)12-2/h7-8H,3-6,11H2,1-2H3,(H,12,16)(H,13,15). The van der Waals surface area contributed by atoms with Crippen molar-refractivity contribution in [2.24, 2.45) is 11.8 Å². The van der Waals surface area contributed by atoms with E-state index < -0.39 is 0 Å². The predicted molar refractivity (Wildman–Crippen MR) is 60.2 cm³/mol. The van der Waals surface area contributed by atoms with E-state index in [1.165, 1.54) is 0 Å². The van der Waals surface area contributed by atoms with E-state index in [1.54, 1.807) is 7.05 Å². The van der Waals surface area contributed by atoms with Crippen LogP contribution in [-0.2, 0) is 9.59 Å². The maximum atomic E-state index is 11.4. The molecule has 2 amide bonds. The first-order valence-electron chi connectivity index (χ1n) is 5.56. The Morgan fingerprint density at radius 3 is 2.38 bits per heavy atom. The van der Waals surface area contributed by atoms with Crippen LogP contribution in [0.5, 0.6) is 0 Å². The second kappa shape index (κ2) is 5.81. The van der Waals surface area contributed by atoms with Gasteiger partial charge in [0.2, 0.25) is 5.91 Å². The van der Waals surface area contributed by atoms with E-state index in [0.717, 1.165) is 25.9 Å². The summed E-state index contributed by atoms with van der Waals surface area (Å²) in [5.74, 6) is 5.08. The highest BCUT2D eigenvalue weighted by atomic mass is 16.2. The molecular formula is C10H20N4O2. The van der Waals surface area contributed by atoms with Crippen LogP contribution >= 0.6 is 0 Å². The first kappa shape index (κ1) is 12.9. The molecule has 0 saturated carbocycles. The van der Waals surface area contributed by atoms with Gasteiger partial charge in [0.25, 0.3) is 5.91 Å². The van der Waals surface area contributed by atoms with Crippen LogP contribution < -0.4 is 16.6 Å². The Morgan fingerprint density at radius 1 is 1.38 bits per heavy atom. The van der Waals surface area contributed by atoms with Gasteiger partial charge in [0.1, 0.15) is 0 Å². The molecule has 1 saturated heterocycles. The molecule has 1 fully saturated rings. The molecule has 6 heteroatoms. The quantitative estimate of drug-likeness (QED) is 0.322. The van der Waals surface area contributed by atoms with Crippen LogP contribution in [0.2, 0.25) is 0 Å². The van der Waals surface area contributed by atoms with E-state index >= 15 is 0 Å². The van der Waals surface area contributed by atoms with Gasteiger partial charge in [-0.2, -0.15) is 0 Å². The molecule has 0 aromatic heterocycles. The molecule has 1 atom stereocenters. The lowest BCUT2D eigenvalue weighted by molar-refractivity contribution is -0.128. The largest absolute Gasteiger partial charge is 0.359 e. The first-order chi connectivity index (χ1) is 7.60. The summed E-state index contributed by atoms with van der Waals surface area (Å²) >= 11 is 0. The highest BCUT2D eigenvalue weighted by Gasteiger charge is 2.28. The minimum atomic E-state index is -0.226. The third-order valence-electron chi connectivity index (χ3n) is 3.22. The number of hydrogen-bond acceptors (Lipinski definition) is 4. The molecule has 16 heavy (non-hydrogen) atoms. The van der Waals surface area contributed by atoms with E-state index in [-0.39, 0.29) is 23.8 Å². The highest BCUT2D eigenvalue weighted by Crippen LogP contribution is 2.18. The predicted octanol–water partition coefficient (Wildman–Crippen LogP) is -1.18. The van der Waals surface area contributed by atoms with Gasteiger partial charge in [-0.25, -0.2) is 5.84 Å². The van der Waals surface area contributed by atoms with Crippen molar-refractivity contribution < 1.29 is 9.59 Å². The summed E-state index contributed by atoms with van der Waals surface area (Å²) in [6.45, 7) is 3.34. The number of carbonyl (C=O) groups excluding carboxylic acids is 2. The molecule has 0 bridgehead atoms. The second-order valence-electron chi connectivity index (χ2n) is 4.11. The molecule has 6 nitrogen and oxygen atoms in total. The fourth-order valence-corrected chi connectivity index (χ4v) is 2.04. The van der Waals surface area contributed by atoms with Gasteiger partial charge in [-0.1, -0.05) is 0 Å². The number of hydrogen-bond donors (Lipinski definition) is 3. The summed E-state index contributed by atoms with van der Waals surface area (Å²) in [6.07, 6.45) is 1.59. The van der Waals surface area contributed by atoms with E-state index in [4.69, 9.17) is 5.84 Å². The number of carbonyl (C=O) groups is 2. The lowest BCUT2D eigenvalue weighted by atomic mass is 9.95. The molecule has 0 radical (unpaired) electrons. The van der Waals surface area contributed by atoms with Crippen molar-refractivity contribution in [1.29, 1.82) is 0 Å². The molecule has 1 aliphatic rings. The molecule has 0 spiro atoms. The Labute approximate surface area is 95.5 Å². The smallest absolute Gasteiger partial charge is 0.250 e. The molecule has 1 heterocycles. The van der Waals surface area contributed by atoms with Crippen molar-refractivity contribution in [2.45, 2.75) is 25.8 Å². The Bertz CT molecular complexity index is 262. The van der Waals surface area contributed by atoms with Crippen LogP contribution in [0.15, 0.2) is 0 Å². The van der Waals surface area contributed by atoms with Crippen LogP contribution in [0.3, 0.4) is 0 Å². The minimum absolute atomic E-state index is 0.0781. The lowest BCUT2D eigenvalue weighted by Crippen LogP contribution is -2.51. The molecule has 0 aromatic carbocycles. The van der Waals surface area contributed by atoms with E-state index in [0.29, 0.717) is 0 Å². The Balaban J connectivity index is 2.42. The van der Waals surface area contributed by atoms with Crippen molar-refractivity contribution in [3.8, 4) is 0 Å². The SMILES string of the molecule is CNC(=O)C1CCN(C(C)C(=O)NN)CC1. The lowest BCUT2D eigenvalue weighted by Gasteiger charge is -2.34. The van der Waals surface area contributed by atoms with Crippen LogP contribution in [0, 0.1) is 5.92 Å². The first-order valence-corrected chi connectivity index (χ1v) is 5.56. The molecular weight excluding hydrogens is 208 g/mol. The van der Waals surface area contributed by atoms with Crippen molar-refractivity contribution in [1.82, 2.24) is 15.6 Å². The fraction of sp³-hybridized carbons (Fsp3) is 0.800. The number of amides is 2. The van der Waals surface area contributed by atoms with Crippen molar-refractivity contribution in [3.05, 3.63) is 0 Å². The van der Waals surface area contributed by atoms with Crippen LogP contribution in [0.4, 0.5) is 0 Å². The average molecular weight is 228 g/mol. The molecule has 0 aliphatic carbocycles. The number of rotatable bonds is 3. The van der Waals surface area contributed by atoms with Gasteiger partial charge in [-0.15, -0.1) is 0 Å². The third kappa shape index (κ3) is 2.93. The Kier molecular flexibility index (Phi) is 4.70. The molecule has 1 unspecified atom stereocenters. The molecule has 1 aliphatic heterocycles. The summed E-state index contributed by atoms with van der Waals surface area (Å²) in [4.78, 5) is 24.8. The maximum Gasteiger partial charge on any atom is 0.250 e. The fourth-order valence-electron chi connectivity index (χ4n) is 2.04. The van der Waals surface area contributed by atoms with Gasteiger partial charge in [-0.05, 0) is 32.9 Å². The number of hydrazine groups is 1. The van der Waals surface area contributed by atoms with Gasteiger partial charge >= 0.3 is 0 Å². The van der Waals surface area contributed by atoms with Crippen LogP contribution in [0.1, 0.15) is 19.8 Å². The van der Waals surface area contributed by atoms with E-state index in [2.05, 4.69) is 10.7 Å². The highest BCUT2D eigenvalue weighted by molar-refractivity contribution is 5.81. The molecule has 1 rings (SSSR count). The zero-order valence-corrected chi connectivity index (χ0v) is 9.82. The number of piperidine rings is 1. The Morgan fingerprint density at radius 2 is 1.94 bits per heavy atom. The van der Waals surface area contributed by atoms with E-state index in [9.17, 15) is 9.59 Å². The van der Waals surface area contributed by atoms with Gasteiger partial charge in [0.15, 0.2) is 0 Å². The van der Waals surface area contributed by atoms with Gasteiger partial charge in [0, 0.05) is 13.0 Å². The zero-order valence-electron chi connectivity index (χ0n) is 9.82. The monoisotopic (exact) mass is 228 g/mol. The molecule has 92 valence electrons. The van der Waals surface area contributed by atoms with Gasteiger partial charge in [0.05, 0.1) is 6.04 Å². The summed E-state index contributed by atoms with van der Waals surface area (Å²) < 4.78 is 0. The summed E-state index contributed by atoms with van der Waals surface area (Å²) in [5, 5.41) is 2.66. The Hall–Kier alpha value is -1.14. The number of nitrogens with one attached hydrogen (secondary N) is 2. The topological polar surface area (TPSA) is 87.5 Å². The summed E-state index contributed by atoms with van der Waals surface area (Å²) in [5.41, 5.74) is 2.15. The summed E-state index contributed by atoms with van der Waals surface area (Å²) in [7, 11) is 1.65. The van der Waals surface area contributed by atoms with Crippen LogP contribution in [0.25, 0.3) is 0 Å². The van der Waals surface area contributed by atoms with Crippen molar-refractivity contribution in [3.63, 3.8) is 0 Å². The van der Waals surface area contributed by atoms with Crippen LogP contribution in [-0.4, -0.2) is 42.9 Å². The number of likely N-dealkylation sites (tertiary alicyclic amines) is 1. The minimum Gasteiger partial charge on any atom is -0.359 e. The van der Waals surface area contributed by atoms with Gasteiger partial charge in [-0.3, -0.25) is 19.9 Å². The van der Waals surface area contributed by atoms with Crippen molar-refractivity contribution in [2.75, 3.05) is 20.1 Å². The van der Waals surface area contributed by atoms with Crippen molar-refractivity contribution >= 4 is 11.8 Å². The molecule has 4 N–H and O–H groups in total. The average Bonchev–Trinajstić information content (AvgIpc) is 2.36. The summed E-state index contributed by atoms with van der Waals surface area (Å²) in [6, 6.07) is -0.226. The molecule has 0 aromatic rings.